The zero-order valence-electron chi connectivity index (χ0n) is 12.2. The topological polar surface area (TPSA) is 47.6 Å². The van der Waals surface area contributed by atoms with Crippen molar-refractivity contribution in [3.8, 4) is 11.5 Å². The van der Waals surface area contributed by atoms with Crippen LogP contribution in [0.4, 0.5) is 5.69 Å². The standard InChI is InChI=1S/C16H21NO3/c1-11-5-4-6-12(16(11)18)10-17-14-8-7-13(19-2)9-15(14)20-3/h7-11,17H,4-6H2,1-3H3/b12-10-/t11-/m0/s1. The number of carbonyl (C=O) groups excluding carboxylic acids is 1. The average Bonchev–Trinajstić information content (AvgIpc) is 2.48. The van der Waals surface area contributed by atoms with E-state index in [0.29, 0.717) is 5.75 Å². The van der Waals surface area contributed by atoms with E-state index < -0.39 is 0 Å². The van der Waals surface area contributed by atoms with E-state index in [2.05, 4.69) is 5.32 Å². The third-order valence-corrected chi connectivity index (χ3v) is 3.66. The molecule has 0 aromatic heterocycles. The third kappa shape index (κ3) is 3.13. The van der Waals surface area contributed by atoms with Crippen molar-refractivity contribution in [2.24, 2.45) is 5.92 Å². The molecule has 2 rings (SSSR count). The molecule has 1 aliphatic rings. The third-order valence-electron chi connectivity index (χ3n) is 3.66. The average molecular weight is 275 g/mol. The minimum absolute atomic E-state index is 0.134. The van der Waals surface area contributed by atoms with Crippen LogP contribution in [0.1, 0.15) is 26.2 Å². The lowest BCUT2D eigenvalue weighted by molar-refractivity contribution is -0.119. The number of hydrogen-bond donors (Lipinski definition) is 1. The molecule has 1 aromatic carbocycles. The summed E-state index contributed by atoms with van der Waals surface area (Å²) >= 11 is 0. The van der Waals surface area contributed by atoms with Crippen LogP contribution in [0.25, 0.3) is 0 Å². The fourth-order valence-corrected chi connectivity index (χ4v) is 2.40. The van der Waals surface area contributed by atoms with Gasteiger partial charge in [-0.1, -0.05) is 6.92 Å². The first-order valence-electron chi connectivity index (χ1n) is 6.87. The predicted octanol–water partition coefficient (Wildman–Crippen LogP) is 3.39. The van der Waals surface area contributed by atoms with E-state index in [0.717, 1.165) is 36.3 Å². The van der Waals surface area contributed by atoms with Crippen molar-refractivity contribution in [3.63, 3.8) is 0 Å². The molecular formula is C16H21NO3. The smallest absolute Gasteiger partial charge is 0.163 e. The van der Waals surface area contributed by atoms with E-state index in [-0.39, 0.29) is 11.7 Å². The molecule has 1 aliphatic carbocycles. The first-order valence-corrected chi connectivity index (χ1v) is 6.87. The van der Waals surface area contributed by atoms with Crippen molar-refractivity contribution in [1.82, 2.24) is 0 Å². The maximum atomic E-state index is 12.0. The molecule has 1 aromatic rings. The van der Waals surface area contributed by atoms with Gasteiger partial charge in [0.2, 0.25) is 0 Å². The molecule has 1 fully saturated rings. The molecule has 1 atom stereocenters. The van der Waals surface area contributed by atoms with Gasteiger partial charge in [0.15, 0.2) is 5.78 Å². The lowest BCUT2D eigenvalue weighted by Gasteiger charge is -2.19. The molecule has 0 spiro atoms. The maximum absolute atomic E-state index is 12.0. The first kappa shape index (κ1) is 14.4. The monoisotopic (exact) mass is 275 g/mol. The van der Waals surface area contributed by atoms with E-state index >= 15 is 0 Å². The molecule has 0 saturated heterocycles. The summed E-state index contributed by atoms with van der Waals surface area (Å²) in [6.07, 6.45) is 4.71. The molecule has 20 heavy (non-hydrogen) atoms. The summed E-state index contributed by atoms with van der Waals surface area (Å²) in [5.74, 6) is 1.81. The number of Topliss-reactive ketones (excluding diaryl/α,β-unsaturated/α-hetero) is 1. The minimum Gasteiger partial charge on any atom is -0.497 e. The van der Waals surface area contributed by atoms with E-state index in [1.54, 1.807) is 14.2 Å². The Morgan fingerprint density at radius 2 is 2.10 bits per heavy atom. The first-order chi connectivity index (χ1) is 9.65. The highest BCUT2D eigenvalue weighted by molar-refractivity contribution is 5.97. The molecule has 0 radical (unpaired) electrons. The van der Waals surface area contributed by atoms with Gasteiger partial charge in [-0.2, -0.15) is 0 Å². The van der Waals surface area contributed by atoms with Crippen LogP contribution in [0, 0.1) is 5.92 Å². The molecule has 1 N–H and O–H groups in total. The molecule has 4 nitrogen and oxygen atoms in total. The second-order valence-electron chi connectivity index (χ2n) is 5.04. The zero-order valence-corrected chi connectivity index (χ0v) is 12.2. The van der Waals surface area contributed by atoms with Crippen molar-refractivity contribution in [2.45, 2.75) is 26.2 Å². The van der Waals surface area contributed by atoms with Crippen LogP contribution in [-0.2, 0) is 4.79 Å². The number of hydrogen-bond acceptors (Lipinski definition) is 4. The Bertz CT molecular complexity index is 522. The Kier molecular flexibility index (Phi) is 4.66. The molecule has 0 bridgehead atoms. The molecule has 0 aliphatic heterocycles. The highest BCUT2D eigenvalue weighted by Gasteiger charge is 2.22. The summed E-state index contributed by atoms with van der Waals surface area (Å²) in [7, 11) is 3.23. The fourth-order valence-electron chi connectivity index (χ4n) is 2.40. The van der Waals surface area contributed by atoms with Gasteiger partial charge in [-0.15, -0.1) is 0 Å². The van der Waals surface area contributed by atoms with Gasteiger partial charge in [0, 0.05) is 23.8 Å². The summed E-state index contributed by atoms with van der Waals surface area (Å²) in [6, 6.07) is 5.55. The number of benzene rings is 1. The quantitative estimate of drug-likeness (QED) is 0.856. The summed E-state index contributed by atoms with van der Waals surface area (Å²) in [5, 5.41) is 3.17. The fraction of sp³-hybridized carbons (Fsp3) is 0.438. The van der Waals surface area contributed by atoms with E-state index in [4.69, 9.17) is 9.47 Å². The predicted molar refractivity (Wildman–Crippen MR) is 79.3 cm³/mol. The SMILES string of the molecule is COc1ccc(N/C=C2/CCC[C@H](C)C2=O)c(OC)c1. The number of ether oxygens (including phenoxy) is 2. The van der Waals surface area contributed by atoms with Crippen LogP contribution in [0.15, 0.2) is 30.0 Å². The lowest BCUT2D eigenvalue weighted by atomic mass is 9.86. The van der Waals surface area contributed by atoms with Gasteiger partial charge < -0.3 is 14.8 Å². The number of ketones is 1. The van der Waals surface area contributed by atoms with Crippen molar-refractivity contribution >= 4 is 11.5 Å². The van der Waals surface area contributed by atoms with E-state index in [9.17, 15) is 4.79 Å². The molecule has 0 heterocycles. The second-order valence-corrected chi connectivity index (χ2v) is 5.04. The van der Waals surface area contributed by atoms with E-state index in [1.165, 1.54) is 0 Å². The Hall–Kier alpha value is -1.97. The molecule has 1 saturated carbocycles. The molecule has 0 amide bonds. The molecule has 108 valence electrons. The van der Waals surface area contributed by atoms with Gasteiger partial charge in [-0.3, -0.25) is 4.79 Å². The zero-order chi connectivity index (χ0) is 14.5. The second kappa shape index (κ2) is 6.46. The van der Waals surface area contributed by atoms with Crippen LogP contribution in [0.2, 0.25) is 0 Å². The van der Waals surface area contributed by atoms with Gasteiger partial charge in [-0.05, 0) is 31.4 Å². The van der Waals surface area contributed by atoms with Gasteiger partial charge in [0.1, 0.15) is 11.5 Å². The number of rotatable bonds is 4. The Labute approximate surface area is 119 Å². The summed E-state index contributed by atoms with van der Waals surface area (Å²) < 4.78 is 10.5. The Morgan fingerprint density at radius 1 is 1.30 bits per heavy atom. The highest BCUT2D eigenvalue weighted by Crippen LogP contribution is 2.30. The van der Waals surface area contributed by atoms with Crippen LogP contribution in [0.5, 0.6) is 11.5 Å². The van der Waals surface area contributed by atoms with Crippen LogP contribution >= 0.6 is 0 Å². The summed E-state index contributed by atoms with van der Waals surface area (Å²) in [4.78, 5) is 12.0. The van der Waals surface area contributed by atoms with Crippen LogP contribution < -0.4 is 14.8 Å². The van der Waals surface area contributed by atoms with Crippen molar-refractivity contribution < 1.29 is 14.3 Å². The maximum Gasteiger partial charge on any atom is 0.163 e. The Morgan fingerprint density at radius 3 is 2.80 bits per heavy atom. The van der Waals surface area contributed by atoms with Crippen molar-refractivity contribution in [2.75, 3.05) is 19.5 Å². The van der Waals surface area contributed by atoms with Crippen LogP contribution in [0.3, 0.4) is 0 Å². The number of allylic oxidation sites excluding steroid dienone is 1. The van der Waals surface area contributed by atoms with Gasteiger partial charge >= 0.3 is 0 Å². The molecule has 4 heteroatoms. The number of carbonyl (C=O) groups is 1. The largest absolute Gasteiger partial charge is 0.497 e. The normalized spacial score (nSPS) is 20.9. The van der Waals surface area contributed by atoms with Crippen molar-refractivity contribution in [3.05, 3.63) is 30.0 Å². The highest BCUT2D eigenvalue weighted by atomic mass is 16.5. The van der Waals surface area contributed by atoms with Crippen molar-refractivity contribution in [1.29, 1.82) is 0 Å². The number of anilines is 1. The summed E-state index contributed by atoms with van der Waals surface area (Å²) in [6.45, 7) is 1.99. The van der Waals surface area contributed by atoms with Crippen LogP contribution in [-0.4, -0.2) is 20.0 Å². The summed E-state index contributed by atoms with van der Waals surface area (Å²) in [5.41, 5.74) is 1.69. The van der Waals surface area contributed by atoms with Gasteiger partial charge in [0.25, 0.3) is 0 Å². The molecule has 0 unspecified atom stereocenters. The van der Waals surface area contributed by atoms with E-state index in [1.807, 2.05) is 31.3 Å². The minimum atomic E-state index is 0.134. The number of nitrogens with one attached hydrogen (secondary N) is 1. The van der Waals surface area contributed by atoms with Gasteiger partial charge in [-0.25, -0.2) is 0 Å². The molecular weight excluding hydrogens is 254 g/mol. The lowest BCUT2D eigenvalue weighted by Crippen LogP contribution is -2.19. The van der Waals surface area contributed by atoms with Gasteiger partial charge in [0.05, 0.1) is 19.9 Å². The Balaban J connectivity index is 2.15. The number of methoxy groups -OCH3 is 2.